The lowest BCUT2D eigenvalue weighted by atomic mass is 9.73. The van der Waals surface area contributed by atoms with Gasteiger partial charge in [-0.1, -0.05) is 19.1 Å². The van der Waals surface area contributed by atoms with Crippen LogP contribution in [0.25, 0.3) is 0 Å². The summed E-state index contributed by atoms with van der Waals surface area (Å²) in [7, 11) is 0. The summed E-state index contributed by atoms with van der Waals surface area (Å²) in [6, 6.07) is 6.03. The molecule has 0 bridgehead atoms. The van der Waals surface area contributed by atoms with E-state index in [-0.39, 0.29) is 12.7 Å². The molecule has 1 aromatic carbocycles. The van der Waals surface area contributed by atoms with Crippen LogP contribution in [0, 0.1) is 17.8 Å². The molecule has 0 saturated heterocycles. The minimum atomic E-state index is -0.934. The number of aliphatic carboxylic acids is 1. The van der Waals surface area contributed by atoms with E-state index in [0.29, 0.717) is 17.8 Å². The van der Waals surface area contributed by atoms with Gasteiger partial charge in [0.25, 0.3) is 0 Å². The number of carbonyl (C=O) groups is 1. The first-order chi connectivity index (χ1) is 11.6. The third kappa shape index (κ3) is 3.75. The maximum atomic E-state index is 10.8. The van der Waals surface area contributed by atoms with Crippen LogP contribution in [0.2, 0.25) is 0 Å². The van der Waals surface area contributed by atoms with Gasteiger partial charge in [-0.3, -0.25) is 0 Å². The Hall–Kier alpha value is -1.55. The van der Waals surface area contributed by atoms with Crippen molar-refractivity contribution in [1.29, 1.82) is 0 Å². The molecular formula is C20H28O4. The molecular weight excluding hydrogens is 304 g/mol. The second-order valence-corrected chi connectivity index (χ2v) is 7.39. The van der Waals surface area contributed by atoms with Crippen LogP contribution in [0.4, 0.5) is 0 Å². The fourth-order valence-electron chi connectivity index (χ4n) is 4.62. The molecule has 24 heavy (non-hydrogen) atoms. The Morgan fingerprint density at radius 3 is 2.92 bits per heavy atom. The van der Waals surface area contributed by atoms with E-state index in [2.05, 4.69) is 6.07 Å². The van der Waals surface area contributed by atoms with E-state index in [1.54, 1.807) is 0 Å². The second kappa shape index (κ2) is 7.56. The van der Waals surface area contributed by atoms with Crippen molar-refractivity contribution in [2.24, 2.45) is 17.8 Å². The zero-order valence-electron chi connectivity index (χ0n) is 14.4. The number of aliphatic hydroxyl groups excluding tert-OH is 1. The molecule has 1 aromatic rings. The fraction of sp³-hybridized carbons (Fsp3) is 0.650. The maximum Gasteiger partial charge on any atom is 0.341 e. The molecule has 2 aliphatic rings. The zero-order valence-corrected chi connectivity index (χ0v) is 14.4. The van der Waals surface area contributed by atoms with Crippen LogP contribution in [-0.2, 0) is 17.6 Å². The summed E-state index contributed by atoms with van der Waals surface area (Å²) in [4.78, 5) is 10.8. The van der Waals surface area contributed by atoms with Crippen LogP contribution in [0.3, 0.4) is 0 Å². The quantitative estimate of drug-likeness (QED) is 0.802. The number of hydrogen-bond acceptors (Lipinski definition) is 3. The summed E-state index contributed by atoms with van der Waals surface area (Å²) in [6.45, 7) is 1.76. The van der Waals surface area contributed by atoms with Crippen LogP contribution in [0.1, 0.15) is 50.2 Å². The van der Waals surface area contributed by atoms with Crippen molar-refractivity contribution < 1.29 is 19.7 Å². The average molecular weight is 332 g/mol. The fourth-order valence-corrected chi connectivity index (χ4v) is 4.62. The van der Waals surface area contributed by atoms with Gasteiger partial charge in [-0.25, -0.2) is 4.79 Å². The molecule has 0 unspecified atom stereocenters. The second-order valence-electron chi connectivity index (χ2n) is 7.39. The van der Waals surface area contributed by atoms with E-state index < -0.39 is 5.97 Å². The summed E-state index contributed by atoms with van der Waals surface area (Å²) in [6.07, 6.45) is 7.29. The van der Waals surface area contributed by atoms with Crippen molar-refractivity contribution in [3.8, 4) is 5.75 Å². The van der Waals surface area contributed by atoms with Gasteiger partial charge < -0.3 is 14.9 Å². The van der Waals surface area contributed by atoms with Crippen molar-refractivity contribution in [1.82, 2.24) is 0 Å². The van der Waals surface area contributed by atoms with E-state index >= 15 is 0 Å². The van der Waals surface area contributed by atoms with E-state index in [9.17, 15) is 9.90 Å². The van der Waals surface area contributed by atoms with Gasteiger partial charge >= 0.3 is 5.97 Å². The van der Waals surface area contributed by atoms with Crippen LogP contribution in [0.5, 0.6) is 5.75 Å². The molecule has 0 heterocycles. The van der Waals surface area contributed by atoms with E-state index in [4.69, 9.17) is 9.84 Å². The molecule has 2 N–H and O–H groups in total. The Bertz CT molecular complexity index is 583. The number of rotatable bonds is 7. The molecule has 4 heteroatoms. The van der Waals surface area contributed by atoms with Gasteiger partial charge in [0.05, 0.1) is 6.10 Å². The van der Waals surface area contributed by atoms with Gasteiger partial charge in [0.2, 0.25) is 0 Å². The predicted octanol–water partition coefficient (Wildman–Crippen LogP) is 3.44. The van der Waals surface area contributed by atoms with Gasteiger partial charge in [-0.15, -0.1) is 0 Å². The minimum absolute atomic E-state index is 0.157. The molecule has 0 amide bonds. The Morgan fingerprint density at radius 2 is 2.17 bits per heavy atom. The summed E-state index contributed by atoms with van der Waals surface area (Å²) in [5.74, 6) is 1.91. The lowest BCUT2D eigenvalue weighted by Gasteiger charge is -2.32. The monoisotopic (exact) mass is 332 g/mol. The molecule has 4 atom stereocenters. The highest BCUT2D eigenvalue weighted by Gasteiger charge is 2.39. The summed E-state index contributed by atoms with van der Waals surface area (Å²) in [5.41, 5.74) is 2.54. The van der Waals surface area contributed by atoms with E-state index in [1.807, 2.05) is 19.1 Å². The Labute approximate surface area is 143 Å². The van der Waals surface area contributed by atoms with Crippen molar-refractivity contribution in [2.75, 3.05) is 6.61 Å². The third-order valence-corrected chi connectivity index (χ3v) is 5.96. The SMILES string of the molecule is CC[C@H](O)CC[C@H]1CC[C@@H]2Cc3c(cccc3OCC(=O)O)C[C@H]12. The number of benzene rings is 1. The lowest BCUT2D eigenvalue weighted by Crippen LogP contribution is -2.26. The first kappa shape index (κ1) is 17.3. The summed E-state index contributed by atoms with van der Waals surface area (Å²) in [5, 5.41) is 18.7. The van der Waals surface area contributed by atoms with Gasteiger partial charge in [0, 0.05) is 0 Å². The molecule has 0 spiro atoms. The highest BCUT2D eigenvalue weighted by atomic mass is 16.5. The standard InChI is InChI=1S/C20H28O4/c1-2-16(21)9-8-13-6-7-15-11-18-14(10-17(13)15)4-3-5-19(18)24-12-20(22)23/h3-5,13,15-17,21H,2,6-12H2,1H3,(H,22,23)/t13-,15-,16+,17-/m1/s1. The topological polar surface area (TPSA) is 66.8 Å². The maximum absolute atomic E-state index is 10.8. The van der Waals surface area contributed by atoms with Crippen molar-refractivity contribution >= 4 is 5.97 Å². The summed E-state index contributed by atoms with van der Waals surface area (Å²) < 4.78 is 5.50. The molecule has 0 aliphatic heterocycles. The molecule has 1 saturated carbocycles. The Balaban J connectivity index is 1.69. The zero-order chi connectivity index (χ0) is 17.1. The van der Waals surface area contributed by atoms with Gasteiger partial charge in [0.1, 0.15) is 5.75 Å². The summed E-state index contributed by atoms with van der Waals surface area (Å²) >= 11 is 0. The third-order valence-electron chi connectivity index (χ3n) is 5.96. The van der Waals surface area contributed by atoms with E-state index in [0.717, 1.165) is 37.9 Å². The van der Waals surface area contributed by atoms with Crippen LogP contribution >= 0.6 is 0 Å². The largest absolute Gasteiger partial charge is 0.482 e. The van der Waals surface area contributed by atoms with E-state index in [1.165, 1.54) is 24.0 Å². The Kier molecular flexibility index (Phi) is 5.44. The van der Waals surface area contributed by atoms with Gasteiger partial charge in [0.15, 0.2) is 6.61 Å². The lowest BCUT2D eigenvalue weighted by molar-refractivity contribution is -0.139. The van der Waals surface area contributed by atoms with Crippen molar-refractivity contribution in [3.63, 3.8) is 0 Å². The normalized spacial score (nSPS) is 26.5. The highest BCUT2D eigenvalue weighted by Crippen LogP contribution is 2.48. The number of aliphatic hydroxyl groups is 1. The van der Waals surface area contributed by atoms with Crippen molar-refractivity contribution in [3.05, 3.63) is 29.3 Å². The molecule has 0 aromatic heterocycles. The predicted molar refractivity (Wildman–Crippen MR) is 92.2 cm³/mol. The van der Waals surface area contributed by atoms with Gasteiger partial charge in [-0.2, -0.15) is 0 Å². The number of carboxylic acid groups (broad SMARTS) is 1. The molecule has 0 radical (unpaired) electrons. The minimum Gasteiger partial charge on any atom is -0.482 e. The van der Waals surface area contributed by atoms with Crippen molar-refractivity contribution in [2.45, 2.75) is 58.0 Å². The number of ether oxygens (including phenoxy) is 1. The average Bonchev–Trinajstić information content (AvgIpc) is 2.97. The molecule has 3 rings (SSSR count). The number of hydrogen-bond donors (Lipinski definition) is 2. The number of fused-ring (bicyclic) bond motifs is 2. The van der Waals surface area contributed by atoms with Gasteiger partial charge in [-0.05, 0) is 79.9 Å². The number of carboxylic acids is 1. The van der Waals surface area contributed by atoms with Crippen LogP contribution in [-0.4, -0.2) is 28.9 Å². The Morgan fingerprint density at radius 1 is 1.33 bits per heavy atom. The molecule has 132 valence electrons. The first-order valence-electron chi connectivity index (χ1n) is 9.21. The molecule has 4 nitrogen and oxygen atoms in total. The smallest absolute Gasteiger partial charge is 0.341 e. The molecule has 2 aliphatic carbocycles. The first-order valence-corrected chi connectivity index (χ1v) is 9.21. The molecule has 1 fully saturated rings. The van der Waals surface area contributed by atoms with Crippen LogP contribution < -0.4 is 4.74 Å². The highest BCUT2D eigenvalue weighted by molar-refractivity contribution is 5.68. The van der Waals surface area contributed by atoms with Crippen LogP contribution in [0.15, 0.2) is 18.2 Å².